The molecule has 0 spiro atoms. The number of anilines is 1. The van der Waals surface area contributed by atoms with Crippen molar-refractivity contribution >= 4 is 35.2 Å². The maximum absolute atomic E-state index is 11.8. The number of para-hydroxylation sites is 1. The van der Waals surface area contributed by atoms with Gasteiger partial charge in [0.15, 0.2) is 18.1 Å². The molecule has 0 radical (unpaired) electrons. The molecule has 2 aromatic carbocycles. The Morgan fingerprint density at radius 3 is 2.46 bits per heavy atom. The van der Waals surface area contributed by atoms with Crippen molar-refractivity contribution in [3.8, 4) is 11.5 Å². The summed E-state index contributed by atoms with van der Waals surface area (Å²) in [7, 11) is 3.04. The third-order valence-electron chi connectivity index (χ3n) is 3.31. The van der Waals surface area contributed by atoms with E-state index in [2.05, 4.69) is 5.32 Å². The summed E-state index contributed by atoms with van der Waals surface area (Å²) in [6, 6.07) is 11.9. The molecule has 0 aliphatic heterocycles. The summed E-state index contributed by atoms with van der Waals surface area (Å²) in [4.78, 5) is 23.6. The zero-order chi connectivity index (χ0) is 18.9. The highest BCUT2D eigenvalue weighted by Gasteiger charge is 2.09. The second-order valence-corrected chi connectivity index (χ2v) is 5.52. The number of methoxy groups -OCH3 is 2. The third kappa shape index (κ3) is 5.53. The van der Waals surface area contributed by atoms with Crippen LogP contribution in [-0.2, 0) is 14.3 Å². The Balaban J connectivity index is 1.89. The van der Waals surface area contributed by atoms with Gasteiger partial charge >= 0.3 is 5.97 Å². The number of benzene rings is 2. The Morgan fingerprint density at radius 2 is 1.81 bits per heavy atom. The van der Waals surface area contributed by atoms with E-state index in [0.29, 0.717) is 27.8 Å². The SMILES string of the molecule is COc1cccc(/C=C/C(=O)OCC(=O)Nc2ccc(Cl)cc2)c1OC. The van der Waals surface area contributed by atoms with Crippen molar-refractivity contribution in [1.82, 2.24) is 0 Å². The van der Waals surface area contributed by atoms with Crippen LogP contribution in [-0.4, -0.2) is 32.7 Å². The number of halogens is 1. The van der Waals surface area contributed by atoms with E-state index in [1.54, 1.807) is 42.5 Å². The normalized spacial score (nSPS) is 10.4. The van der Waals surface area contributed by atoms with E-state index in [1.807, 2.05) is 0 Å². The largest absolute Gasteiger partial charge is 0.493 e. The van der Waals surface area contributed by atoms with Crippen LogP contribution in [0.4, 0.5) is 5.69 Å². The van der Waals surface area contributed by atoms with Gasteiger partial charge < -0.3 is 19.5 Å². The van der Waals surface area contributed by atoms with Crippen molar-refractivity contribution in [3.05, 3.63) is 59.1 Å². The van der Waals surface area contributed by atoms with E-state index >= 15 is 0 Å². The highest BCUT2D eigenvalue weighted by atomic mass is 35.5. The average Bonchev–Trinajstić information content (AvgIpc) is 2.66. The summed E-state index contributed by atoms with van der Waals surface area (Å²) in [5.41, 5.74) is 1.21. The number of esters is 1. The number of nitrogens with one attached hydrogen (secondary N) is 1. The smallest absolute Gasteiger partial charge is 0.331 e. The average molecular weight is 376 g/mol. The molecular weight excluding hydrogens is 358 g/mol. The Morgan fingerprint density at radius 1 is 1.08 bits per heavy atom. The van der Waals surface area contributed by atoms with Crippen LogP contribution in [0.2, 0.25) is 5.02 Å². The minimum absolute atomic E-state index is 0.402. The molecule has 1 amide bonds. The van der Waals surface area contributed by atoms with Gasteiger partial charge in [-0.3, -0.25) is 4.79 Å². The second kappa shape index (κ2) is 9.48. The van der Waals surface area contributed by atoms with Gasteiger partial charge in [0.25, 0.3) is 5.91 Å². The van der Waals surface area contributed by atoms with E-state index in [9.17, 15) is 9.59 Å². The molecule has 0 fully saturated rings. The first-order valence-corrected chi connectivity index (χ1v) is 8.02. The molecule has 136 valence electrons. The number of hydrogen-bond donors (Lipinski definition) is 1. The summed E-state index contributed by atoms with van der Waals surface area (Å²) in [5.74, 6) is -0.0564. The molecule has 1 N–H and O–H groups in total. The summed E-state index contributed by atoms with van der Waals surface area (Å²) >= 11 is 5.77. The van der Waals surface area contributed by atoms with Crippen LogP contribution in [0.5, 0.6) is 11.5 Å². The maximum atomic E-state index is 11.8. The zero-order valence-electron chi connectivity index (χ0n) is 14.3. The lowest BCUT2D eigenvalue weighted by molar-refractivity contribution is -0.142. The van der Waals surface area contributed by atoms with Crippen molar-refractivity contribution in [2.24, 2.45) is 0 Å². The number of carbonyl (C=O) groups is 2. The lowest BCUT2D eigenvalue weighted by atomic mass is 10.1. The predicted molar refractivity (Wildman–Crippen MR) is 99.6 cm³/mol. The quantitative estimate of drug-likeness (QED) is 0.591. The Bertz CT molecular complexity index is 802. The molecule has 0 aromatic heterocycles. The number of carbonyl (C=O) groups excluding carboxylic acids is 2. The third-order valence-corrected chi connectivity index (χ3v) is 3.56. The van der Waals surface area contributed by atoms with Crippen molar-refractivity contribution in [2.45, 2.75) is 0 Å². The molecule has 0 unspecified atom stereocenters. The number of hydrogen-bond acceptors (Lipinski definition) is 5. The topological polar surface area (TPSA) is 73.9 Å². The molecular formula is C19H18ClNO5. The minimum Gasteiger partial charge on any atom is -0.493 e. The molecule has 0 heterocycles. The highest BCUT2D eigenvalue weighted by Crippen LogP contribution is 2.31. The van der Waals surface area contributed by atoms with E-state index < -0.39 is 18.5 Å². The Kier molecular flexibility index (Phi) is 7.05. The summed E-state index contributed by atoms with van der Waals surface area (Å²) in [6.07, 6.45) is 2.74. The molecule has 7 heteroatoms. The van der Waals surface area contributed by atoms with Gasteiger partial charge in [0.1, 0.15) is 0 Å². The Hall–Kier alpha value is -2.99. The van der Waals surface area contributed by atoms with Crippen LogP contribution in [0.25, 0.3) is 6.08 Å². The molecule has 0 aliphatic carbocycles. The number of ether oxygens (including phenoxy) is 3. The standard InChI is InChI=1S/C19H18ClNO5/c1-24-16-5-3-4-13(19(16)25-2)6-11-18(23)26-12-17(22)21-15-9-7-14(20)8-10-15/h3-11H,12H2,1-2H3,(H,21,22)/b11-6+. The monoisotopic (exact) mass is 375 g/mol. The number of amides is 1. The second-order valence-electron chi connectivity index (χ2n) is 5.08. The first kappa shape index (κ1) is 19.3. The van der Waals surface area contributed by atoms with Crippen molar-refractivity contribution in [2.75, 3.05) is 26.1 Å². The molecule has 0 saturated carbocycles. The first-order valence-electron chi connectivity index (χ1n) is 7.64. The molecule has 6 nitrogen and oxygen atoms in total. The fourth-order valence-electron chi connectivity index (χ4n) is 2.12. The van der Waals surface area contributed by atoms with Crippen LogP contribution in [0.3, 0.4) is 0 Å². The summed E-state index contributed by atoms with van der Waals surface area (Å²) in [5, 5.41) is 3.16. The minimum atomic E-state index is -0.652. The van der Waals surface area contributed by atoms with Gasteiger partial charge in [-0.2, -0.15) is 0 Å². The van der Waals surface area contributed by atoms with Gasteiger partial charge in [-0.05, 0) is 36.4 Å². The van der Waals surface area contributed by atoms with Gasteiger partial charge in [-0.25, -0.2) is 4.79 Å². The van der Waals surface area contributed by atoms with E-state index in [-0.39, 0.29) is 0 Å². The Labute approximate surface area is 156 Å². The first-order chi connectivity index (χ1) is 12.5. The molecule has 0 bridgehead atoms. The van der Waals surface area contributed by atoms with E-state index in [0.717, 1.165) is 0 Å². The van der Waals surface area contributed by atoms with Gasteiger partial charge in [0, 0.05) is 22.3 Å². The molecule has 2 aromatic rings. The van der Waals surface area contributed by atoms with Crippen LogP contribution in [0, 0.1) is 0 Å². The van der Waals surface area contributed by atoms with Gasteiger partial charge in [0.05, 0.1) is 14.2 Å². The molecule has 26 heavy (non-hydrogen) atoms. The van der Waals surface area contributed by atoms with Gasteiger partial charge in [-0.1, -0.05) is 23.7 Å². The van der Waals surface area contributed by atoms with Gasteiger partial charge in [-0.15, -0.1) is 0 Å². The fraction of sp³-hybridized carbons (Fsp3) is 0.158. The summed E-state index contributed by atoms with van der Waals surface area (Å²) < 4.78 is 15.4. The maximum Gasteiger partial charge on any atom is 0.331 e. The van der Waals surface area contributed by atoms with Gasteiger partial charge in [0.2, 0.25) is 0 Å². The van der Waals surface area contributed by atoms with E-state index in [4.69, 9.17) is 25.8 Å². The van der Waals surface area contributed by atoms with Crippen LogP contribution in [0.1, 0.15) is 5.56 Å². The fourth-order valence-corrected chi connectivity index (χ4v) is 2.24. The predicted octanol–water partition coefficient (Wildman–Crippen LogP) is 3.55. The molecule has 0 saturated heterocycles. The van der Waals surface area contributed by atoms with Crippen molar-refractivity contribution in [3.63, 3.8) is 0 Å². The molecule has 2 rings (SSSR count). The molecule has 0 aliphatic rings. The van der Waals surface area contributed by atoms with Crippen LogP contribution in [0.15, 0.2) is 48.5 Å². The number of rotatable bonds is 7. The lowest BCUT2D eigenvalue weighted by Gasteiger charge is -2.09. The lowest BCUT2D eigenvalue weighted by Crippen LogP contribution is -2.20. The van der Waals surface area contributed by atoms with Crippen molar-refractivity contribution < 1.29 is 23.8 Å². The summed E-state index contributed by atoms with van der Waals surface area (Å²) in [6.45, 7) is -0.402. The van der Waals surface area contributed by atoms with Crippen LogP contribution >= 0.6 is 11.6 Å². The zero-order valence-corrected chi connectivity index (χ0v) is 15.1. The van der Waals surface area contributed by atoms with E-state index in [1.165, 1.54) is 26.4 Å². The highest BCUT2D eigenvalue weighted by molar-refractivity contribution is 6.30. The van der Waals surface area contributed by atoms with Crippen molar-refractivity contribution in [1.29, 1.82) is 0 Å². The molecule has 0 atom stereocenters. The van der Waals surface area contributed by atoms with Crippen LogP contribution < -0.4 is 14.8 Å².